The van der Waals surface area contributed by atoms with Gasteiger partial charge in [-0.05, 0) is 44.5 Å². The zero-order chi connectivity index (χ0) is 20.4. The highest BCUT2D eigenvalue weighted by atomic mass is 35.5. The van der Waals surface area contributed by atoms with E-state index in [1.165, 1.54) is 5.56 Å². The lowest BCUT2D eigenvalue weighted by Crippen LogP contribution is -2.00. The van der Waals surface area contributed by atoms with Gasteiger partial charge in [0.15, 0.2) is 11.5 Å². The molecule has 3 aromatic heterocycles. The summed E-state index contributed by atoms with van der Waals surface area (Å²) in [6, 6.07) is 10.3. The first-order valence-corrected chi connectivity index (χ1v) is 9.47. The van der Waals surface area contributed by atoms with E-state index in [1.54, 1.807) is 13.3 Å². The Kier molecular flexibility index (Phi) is 6.64. The molecule has 4 rings (SSSR count). The van der Waals surface area contributed by atoms with Gasteiger partial charge in [0.2, 0.25) is 0 Å². The van der Waals surface area contributed by atoms with Crippen molar-refractivity contribution < 1.29 is 9.26 Å². The third kappa shape index (κ3) is 4.42. The Morgan fingerprint density at radius 3 is 2.67 bits per heavy atom. The number of methoxy groups -OCH3 is 1. The molecule has 0 aliphatic heterocycles. The summed E-state index contributed by atoms with van der Waals surface area (Å²) in [5.41, 5.74) is 6.52. The summed E-state index contributed by atoms with van der Waals surface area (Å²) in [6.07, 6.45) is 2.32. The molecule has 8 heteroatoms. The summed E-state index contributed by atoms with van der Waals surface area (Å²) in [4.78, 5) is 13.6. The first kappa shape index (κ1) is 21.7. The fourth-order valence-corrected chi connectivity index (χ4v) is 3.22. The molecule has 0 saturated carbocycles. The molecule has 1 N–H and O–H groups in total. The smallest absolute Gasteiger partial charge is 0.261 e. The highest BCUT2D eigenvalue weighted by molar-refractivity contribution is 5.98. The van der Waals surface area contributed by atoms with Crippen LogP contribution < -0.4 is 5.32 Å². The second kappa shape index (κ2) is 9.19. The van der Waals surface area contributed by atoms with Crippen molar-refractivity contribution in [2.45, 2.75) is 27.2 Å². The van der Waals surface area contributed by atoms with Crippen LogP contribution in [0.1, 0.15) is 22.6 Å². The van der Waals surface area contributed by atoms with Crippen LogP contribution in [0.5, 0.6) is 0 Å². The molecule has 0 saturated heterocycles. The van der Waals surface area contributed by atoms with E-state index in [0.717, 1.165) is 33.6 Å². The maximum atomic E-state index is 5.53. The summed E-state index contributed by atoms with van der Waals surface area (Å²) in [5.74, 6) is 1.01. The van der Waals surface area contributed by atoms with Crippen LogP contribution in [0, 0.1) is 20.8 Å². The Bertz CT molecular complexity index is 1180. The van der Waals surface area contributed by atoms with Gasteiger partial charge >= 0.3 is 0 Å². The molecule has 30 heavy (non-hydrogen) atoms. The number of nitrogens with zero attached hydrogens (tertiary/aromatic N) is 4. The SMILES string of the molecule is COCCc1noc(-c2cnc3nc(C)ccc3c2Nc2ccc(C)cc2C)n1.Cl. The predicted molar refractivity (Wildman–Crippen MR) is 120 cm³/mol. The number of pyridine rings is 2. The monoisotopic (exact) mass is 425 g/mol. The van der Waals surface area contributed by atoms with E-state index < -0.39 is 0 Å². The van der Waals surface area contributed by atoms with Crippen LogP contribution in [0.2, 0.25) is 0 Å². The molecular formula is C22H24ClN5O2. The summed E-state index contributed by atoms with van der Waals surface area (Å²) < 4.78 is 10.6. The lowest BCUT2D eigenvalue weighted by Gasteiger charge is -2.15. The first-order chi connectivity index (χ1) is 14.0. The number of fused-ring (bicyclic) bond motifs is 1. The van der Waals surface area contributed by atoms with Gasteiger partial charge in [-0.2, -0.15) is 4.98 Å². The second-order valence-electron chi connectivity index (χ2n) is 7.07. The topological polar surface area (TPSA) is 86.0 Å². The van der Waals surface area contributed by atoms with Crippen molar-refractivity contribution in [1.29, 1.82) is 0 Å². The van der Waals surface area contributed by atoms with Gasteiger partial charge in [-0.15, -0.1) is 12.4 Å². The Hall–Kier alpha value is -3.03. The normalized spacial score (nSPS) is 10.8. The molecule has 0 atom stereocenters. The summed E-state index contributed by atoms with van der Waals surface area (Å²) in [6.45, 7) is 6.64. The van der Waals surface area contributed by atoms with Gasteiger partial charge in [0, 0.05) is 36.5 Å². The molecule has 7 nitrogen and oxygen atoms in total. The van der Waals surface area contributed by atoms with Gasteiger partial charge in [-0.1, -0.05) is 22.9 Å². The van der Waals surface area contributed by atoms with Crippen LogP contribution in [0.25, 0.3) is 22.5 Å². The summed E-state index contributed by atoms with van der Waals surface area (Å²) >= 11 is 0. The standard InChI is InChI=1S/C22H23N5O2.ClH/c1-13-5-8-18(14(2)11-13)25-20-16-7-6-15(3)24-21(16)23-12-17(20)22-26-19(27-29-22)9-10-28-4;/h5-8,11-12H,9-10H2,1-4H3,(H,23,24,25);1H. The summed E-state index contributed by atoms with van der Waals surface area (Å²) in [7, 11) is 1.65. The van der Waals surface area contributed by atoms with Gasteiger partial charge < -0.3 is 14.6 Å². The van der Waals surface area contributed by atoms with E-state index >= 15 is 0 Å². The number of rotatable bonds is 6. The molecule has 1 aromatic carbocycles. The van der Waals surface area contributed by atoms with E-state index in [0.29, 0.717) is 30.4 Å². The van der Waals surface area contributed by atoms with Crippen LogP contribution in [0.4, 0.5) is 11.4 Å². The average Bonchev–Trinajstić information content (AvgIpc) is 3.17. The molecule has 0 radical (unpaired) electrons. The van der Waals surface area contributed by atoms with Crippen LogP contribution in [-0.4, -0.2) is 33.8 Å². The lowest BCUT2D eigenvalue weighted by atomic mass is 10.1. The zero-order valence-corrected chi connectivity index (χ0v) is 18.2. The minimum Gasteiger partial charge on any atom is -0.384 e. The van der Waals surface area contributed by atoms with Crippen LogP contribution in [0.3, 0.4) is 0 Å². The fraction of sp³-hybridized carbons (Fsp3) is 0.273. The number of anilines is 2. The number of hydrogen-bond acceptors (Lipinski definition) is 7. The molecule has 3 heterocycles. The molecule has 0 amide bonds. The fourth-order valence-electron chi connectivity index (χ4n) is 3.22. The number of benzene rings is 1. The maximum absolute atomic E-state index is 5.53. The molecule has 156 valence electrons. The zero-order valence-electron chi connectivity index (χ0n) is 17.4. The van der Waals surface area contributed by atoms with E-state index in [1.807, 2.05) is 19.1 Å². The minimum atomic E-state index is 0. The van der Waals surface area contributed by atoms with E-state index in [2.05, 4.69) is 57.5 Å². The van der Waals surface area contributed by atoms with Crippen molar-refractivity contribution in [3.05, 3.63) is 59.2 Å². The van der Waals surface area contributed by atoms with Crippen LogP contribution in [-0.2, 0) is 11.2 Å². The predicted octanol–water partition coefficient (Wildman–Crippen LogP) is 4.96. The lowest BCUT2D eigenvalue weighted by molar-refractivity contribution is 0.199. The van der Waals surface area contributed by atoms with Gasteiger partial charge in [-0.3, -0.25) is 0 Å². The number of halogens is 1. The van der Waals surface area contributed by atoms with Crippen molar-refractivity contribution in [1.82, 2.24) is 20.1 Å². The van der Waals surface area contributed by atoms with Crippen molar-refractivity contribution in [3.63, 3.8) is 0 Å². The molecule has 0 unspecified atom stereocenters. The van der Waals surface area contributed by atoms with Gasteiger partial charge in [0.25, 0.3) is 5.89 Å². The third-order valence-corrected chi connectivity index (χ3v) is 4.74. The number of ether oxygens (including phenoxy) is 1. The Morgan fingerprint density at radius 1 is 1.07 bits per heavy atom. The van der Waals surface area contributed by atoms with Crippen LogP contribution >= 0.6 is 12.4 Å². The van der Waals surface area contributed by atoms with Crippen molar-refractivity contribution >= 4 is 34.8 Å². The molecule has 4 aromatic rings. The molecule has 0 aliphatic rings. The molecule has 0 fully saturated rings. The van der Waals surface area contributed by atoms with E-state index in [-0.39, 0.29) is 12.4 Å². The van der Waals surface area contributed by atoms with Crippen molar-refractivity contribution in [2.24, 2.45) is 0 Å². The highest BCUT2D eigenvalue weighted by Gasteiger charge is 2.18. The van der Waals surface area contributed by atoms with Crippen LogP contribution in [0.15, 0.2) is 41.1 Å². The number of hydrogen-bond donors (Lipinski definition) is 1. The Balaban J connectivity index is 0.00000256. The second-order valence-corrected chi connectivity index (χ2v) is 7.07. The highest BCUT2D eigenvalue weighted by Crippen LogP contribution is 2.35. The molecular weight excluding hydrogens is 402 g/mol. The van der Waals surface area contributed by atoms with E-state index in [4.69, 9.17) is 9.26 Å². The number of aryl methyl sites for hydroxylation is 3. The number of nitrogens with one attached hydrogen (secondary N) is 1. The largest absolute Gasteiger partial charge is 0.384 e. The third-order valence-electron chi connectivity index (χ3n) is 4.74. The van der Waals surface area contributed by atoms with Gasteiger partial charge in [-0.25, -0.2) is 9.97 Å². The quantitative estimate of drug-likeness (QED) is 0.467. The number of aromatic nitrogens is 4. The Labute approximate surface area is 181 Å². The maximum Gasteiger partial charge on any atom is 0.261 e. The Morgan fingerprint density at radius 2 is 1.90 bits per heavy atom. The van der Waals surface area contributed by atoms with Gasteiger partial charge in [0.1, 0.15) is 0 Å². The average molecular weight is 426 g/mol. The van der Waals surface area contributed by atoms with Crippen molar-refractivity contribution in [3.8, 4) is 11.5 Å². The summed E-state index contributed by atoms with van der Waals surface area (Å²) in [5, 5.41) is 8.51. The van der Waals surface area contributed by atoms with E-state index in [9.17, 15) is 0 Å². The molecule has 0 spiro atoms. The molecule has 0 bridgehead atoms. The van der Waals surface area contributed by atoms with Gasteiger partial charge in [0.05, 0.1) is 17.9 Å². The minimum absolute atomic E-state index is 0. The molecule has 0 aliphatic carbocycles. The first-order valence-electron chi connectivity index (χ1n) is 9.47. The van der Waals surface area contributed by atoms with Crippen molar-refractivity contribution in [2.75, 3.05) is 19.0 Å².